The topological polar surface area (TPSA) is 48.4 Å². The van der Waals surface area contributed by atoms with E-state index in [0.717, 1.165) is 44.8 Å². The van der Waals surface area contributed by atoms with Gasteiger partial charge in [0.25, 0.3) is 0 Å². The van der Waals surface area contributed by atoms with Crippen LogP contribution in [0.1, 0.15) is 32.3 Å². The molecular formula is C14H23N3O. The van der Waals surface area contributed by atoms with Gasteiger partial charge in [0.2, 0.25) is 0 Å². The number of hydrogen-bond donors (Lipinski definition) is 2. The molecule has 100 valence electrons. The van der Waals surface area contributed by atoms with Gasteiger partial charge in [0, 0.05) is 32.4 Å². The van der Waals surface area contributed by atoms with Crippen LogP contribution in [0.3, 0.4) is 0 Å². The zero-order valence-electron chi connectivity index (χ0n) is 11.3. The smallest absolute Gasteiger partial charge is 0.125 e. The summed E-state index contributed by atoms with van der Waals surface area (Å²) < 4.78 is 0. The van der Waals surface area contributed by atoms with E-state index >= 15 is 0 Å². The first-order chi connectivity index (χ1) is 8.59. The number of hydrogen-bond acceptors (Lipinski definition) is 4. The van der Waals surface area contributed by atoms with Crippen LogP contribution in [-0.4, -0.2) is 40.2 Å². The Kier molecular flexibility index (Phi) is 4.19. The van der Waals surface area contributed by atoms with Crippen LogP contribution in [0.5, 0.6) is 0 Å². The number of rotatable bonds is 4. The van der Waals surface area contributed by atoms with E-state index in [2.05, 4.69) is 28.2 Å². The first-order valence-electron chi connectivity index (χ1n) is 6.72. The molecule has 0 unspecified atom stereocenters. The summed E-state index contributed by atoms with van der Waals surface area (Å²) in [4.78, 5) is 6.75. The molecule has 0 radical (unpaired) electrons. The van der Waals surface area contributed by atoms with E-state index in [1.54, 1.807) is 0 Å². The Balaban J connectivity index is 1.86. The second kappa shape index (κ2) is 5.67. The van der Waals surface area contributed by atoms with Crippen LogP contribution >= 0.6 is 0 Å². The Morgan fingerprint density at radius 2 is 2.11 bits per heavy atom. The van der Waals surface area contributed by atoms with E-state index in [-0.39, 0.29) is 0 Å². The molecule has 0 spiro atoms. The Bertz CT molecular complexity index is 365. The van der Waals surface area contributed by atoms with Crippen molar-refractivity contribution in [2.24, 2.45) is 0 Å². The summed E-state index contributed by atoms with van der Waals surface area (Å²) in [6.45, 7) is 7.74. The molecule has 18 heavy (non-hydrogen) atoms. The van der Waals surface area contributed by atoms with E-state index in [0.29, 0.717) is 0 Å². The molecule has 1 aromatic heterocycles. The van der Waals surface area contributed by atoms with E-state index in [1.165, 1.54) is 5.56 Å². The van der Waals surface area contributed by atoms with Crippen molar-refractivity contribution in [1.29, 1.82) is 0 Å². The molecule has 0 bridgehead atoms. The van der Waals surface area contributed by atoms with Gasteiger partial charge in [0.1, 0.15) is 5.82 Å². The zero-order valence-corrected chi connectivity index (χ0v) is 11.3. The molecule has 0 aliphatic carbocycles. The lowest BCUT2D eigenvalue weighted by molar-refractivity contribution is -0.00731. The number of nitrogens with zero attached hydrogens (tertiary/aromatic N) is 2. The largest absolute Gasteiger partial charge is 0.390 e. The summed E-state index contributed by atoms with van der Waals surface area (Å²) in [6.07, 6.45) is 3.65. The Morgan fingerprint density at radius 3 is 2.67 bits per heavy atom. The molecule has 2 heterocycles. The van der Waals surface area contributed by atoms with Crippen molar-refractivity contribution in [1.82, 2.24) is 9.88 Å². The highest BCUT2D eigenvalue weighted by atomic mass is 16.3. The molecule has 1 fully saturated rings. The molecule has 0 amide bonds. The average molecular weight is 249 g/mol. The number of aromatic nitrogens is 1. The molecule has 0 aromatic carbocycles. The maximum absolute atomic E-state index is 9.91. The van der Waals surface area contributed by atoms with Gasteiger partial charge in [-0.05, 0) is 38.3 Å². The van der Waals surface area contributed by atoms with Crippen LogP contribution in [-0.2, 0) is 6.54 Å². The predicted octanol–water partition coefficient (Wildman–Crippen LogP) is 1.86. The molecule has 1 aliphatic rings. The number of aliphatic hydroxyl groups is 1. The molecule has 4 heteroatoms. The van der Waals surface area contributed by atoms with Crippen molar-refractivity contribution in [3.05, 3.63) is 23.9 Å². The quantitative estimate of drug-likeness (QED) is 0.855. The fourth-order valence-corrected chi connectivity index (χ4v) is 2.25. The van der Waals surface area contributed by atoms with Gasteiger partial charge < -0.3 is 10.4 Å². The third-order valence-electron chi connectivity index (χ3n) is 3.52. The van der Waals surface area contributed by atoms with Crippen LogP contribution in [0, 0.1) is 0 Å². The lowest BCUT2D eigenvalue weighted by atomic mass is 9.94. The summed E-state index contributed by atoms with van der Waals surface area (Å²) in [5, 5.41) is 13.1. The Labute approximate surface area is 109 Å². The first-order valence-corrected chi connectivity index (χ1v) is 6.72. The summed E-state index contributed by atoms with van der Waals surface area (Å²) in [6, 6.07) is 4.15. The predicted molar refractivity (Wildman–Crippen MR) is 73.5 cm³/mol. The summed E-state index contributed by atoms with van der Waals surface area (Å²) in [5.74, 6) is 0.933. The highest BCUT2D eigenvalue weighted by Crippen LogP contribution is 2.22. The van der Waals surface area contributed by atoms with Crippen LogP contribution in [0.2, 0.25) is 0 Å². The number of pyridine rings is 1. The van der Waals surface area contributed by atoms with Crippen molar-refractivity contribution < 1.29 is 5.11 Å². The van der Waals surface area contributed by atoms with Crippen molar-refractivity contribution in [3.63, 3.8) is 0 Å². The maximum atomic E-state index is 9.91. The fraction of sp³-hybridized carbons (Fsp3) is 0.643. The maximum Gasteiger partial charge on any atom is 0.125 e. The minimum atomic E-state index is -0.469. The van der Waals surface area contributed by atoms with Crippen LogP contribution in [0.15, 0.2) is 18.3 Å². The molecule has 4 nitrogen and oxygen atoms in total. The number of likely N-dealkylation sites (tertiary alicyclic amines) is 1. The van der Waals surface area contributed by atoms with E-state index in [9.17, 15) is 5.11 Å². The van der Waals surface area contributed by atoms with Crippen molar-refractivity contribution in [2.45, 2.75) is 38.8 Å². The molecule has 2 N–H and O–H groups in total. The van der Waals surface area contributed by atoms with Gasteiger partial charge in [-0.25, -0.2) is 4.98 Å². The van der Waals surface area contributed by atoms with Crippen LogP contribution in [0.25, 0.3) is 0 Å². The Morgan fingerprint density at radius 1 is 1.39 bits per heavy atom. The highest BCUT2D eigenvalue weighted by Gasteiger charge is 2.26. The number of piperidine rings is 1. The van der Waals surface area contributed by atoms with Crippen molar-refractivity contribution in [3.8, 4) is 0 Å². The monoisotopic (exact) mass is 249 g/mol. The van der Waals surface area contributed by atoms with Gasteiger partial charge in [-0.2, -0.15) is 0 Å². The number of nitrogens with one attached hydrogen (secondary N) is 1. The van der Waals surface area contributed by atoms with E-state index in [1.807, 2.05) is 19.2 Å². The molecule has 1 saturated heterocycles. The van der Waals surface area contributed by atoms with Gasteiger partial charge in [-0.1, -0.05) is 6.07 Å². The summed E-state index contributed by atoms with van der Waals surface area (Å²) in [7, 11) is 0. The number of anilines is 1. The van der Waals surface area contributed by atoms with Gasteiger partial charge in [0.05, 0.1) is 5.60 Å². The summed E-state index contributed by atoms with van der Waals surface area (Å²) >= 11 is 0. The molecule has 2 rings (SSSR count). The second-order valence-electron chi connectivity index (χ2n) is 5.36. The molecule has 0 atom stereocenters. The fourth-order valence-electron chi connectivity index (χ4n) is 2.25. The van der Waals surface area contributed by atoms with Crippen molar-refractivity contribution in [2.75, 3.05) is 25.0 Å². The molecule has 1 aromatic rings. The van der Waals surface area contributed by atoms with E-state index < -0.39 is 5.60 Å². The minimum absolute atomic E-state index is 0.469. The molecule has 0 saturated carbocycles. The first kappa shape index (κ1) is 13.3. The lowest BCUT2D eigenvalue weighted by Crippen LogP contribution is -2.41. The SMILES string of the molecule is CCNc1ccc(CN2CCC(C)(O)CC2)cn1. The summed E-state index contributed by atoms with van der Waals surface area (Å²) in [5.41, 5.74) is 0.766. The Hall–Kier alpha value is -1.13. The van der Waals surface area contributed by atoms with Crippen LogP contribution in [0.4, 0.5) is 5.82 Å². The van der Waals surface area contributed by atoms with Gasteiger partial charge >= 0.3 is 0 Å². The normalized spacial score (nSPS) is 19.7. The molecular weight excluding hydrogens is 226 g/mol. The third-order valence-corrected chi connectivity index (χ3v) is 3.52. The lowest BCUT2D eigenvalue weighted by Gasteiger charge is -2.35. The van der Waals surface area contributed by atoms with Crippen molar-refractivity contribution >= 4 is 5.82 Å². The molecule has 1 aliphatic heterocycles. The third kappa shape index (κ3) is 3.68. The van der Waals surface area contributed by atoms with Gasteiger partial charge in [-0.15, -0.1) is 0 Å². The second-order valence-corrected chi connectivity index (χ2v) is 5.36. The van der Waals surface area contributed by atoms with Gasteiger partial charge in [0.15, 0.2) is 0 Å². The standard InChI is InChI=1S/C14H23N3O/c1-3-15-13-5-4-12(10-16-13)11-17-8-6-14(2,18)7-9-17/h4-5,10,18H,3,6-9,11H2,1-2H3,(H,15,16). The minimum Gasteiger partial charge on any atom is -0.390 e. The zero-order chi connectivity index (χ0) is 13.0. The highest BCUT2D eigenvalue weighted by molar-refractivity contribution is 5.35. The van der Waals surface area contributed by atoms with E-state index in [4.69, 9.17) is 0 Å². The van der Waals surface area contributed by atoms with Gasteiger partial charge in [-0.3, -0.25) is 4.90 Å². The average Bonchev–Trinajstić information content (AvgIpc) is 2.35. The van der Waals surface area contributed by atoms with Crippen LogP contribution < -0.4 is 5.32 Å².